The zero-order valence-electron chi connectivity index (χ0n) is 16.3. The molecule has 152 valence electrons. The summed E-state index contributed by atoms with van der Waals surface area (Å²) in [5.41, 5.74) is 1.39. The number of carbonyl (C=O) groups excluding carboxylic acids is 3. The van der Waals surface area contributed by atoms with E-state index in [1.54, 1.807) is 18.2 Å². The van der Waals surface area contributed by atoms with Crippen molar-refractivity contribution in [2.24, 2.45) is 0 Å². The number of rotatable bonds is 8. The molecule has 1 atom stereocenters. The summed E-state index contributed by atoms with van der Waals surface area (Å²) < 4.78 is 10.4. The Hall–Kier alpha value is -3.55. The molecule has 0 radical (unpaired) electrons. The average Bonchev–Trinajstić information content (AvgIpc) is 3.00. The molecule has 1 aliphatic rings. The number of hydrogen-bond acceptors (Lipinski definition) is 5. The monoisotopic (exact) mass is 397 g/mol. The van der Waals surface area contributed by atoms with Crippen LogP contribution in [0.15, 0.2) is 48.5 Å². The van der Waals surface area contributed by atoms with Crippen LogP contribution >= 0.6 is 0 Å². The highest BCUT2D eigenvalue weighted by Gasteiger charge is 2.37. The first-order valence-corrected chi connectivity index (χ1v) is 9.19. The molecule has 1 saturated heterocycles. The molecule has 29 heavy (non-hydrogen) atoms. The highest BCUT2D eigenvalue weighted by Crippen LogP contribution is 2.26. The lowest BCUT2D eigenvalue weighted by molar-refractivity contribution is -0.128. The number of anilines is 1. The van der Waals surface area contributed by atoms with Crippen LogP contribution in [-0.2, 0) is 16.1 Å². The van der Waals surface area contributed by atoms with Gasteiger partial charge < -0.3 is 20.1 Å². The molecule has 8 nitrogen and oxygen atoms in total. The number of urea groups is 1. The Labute approximate surface area is 168 Å². The zero-order valence-corrected chi connectivity index (χ0v) is 16.3. The van der Waals surface area contributed by atoms with Crippen LogP contribution in [0, 0.1) is 0 Å². The maximum absolute atomic E-state index is 12.5. The smallest absolute Gasteiger partial charge is 0.325 e. The number of carbonyl (C=O) groups is 3. The van der Waals surface area contributed by atoms with Crippen LogP contribution in [-0.4, -0.2) is 43.0 Å². The molecule has 2 aromatic rings. The summed E-state index contributed by atoms with van der Waals surface area (Å²) in [5.74, 6) is 0.502. The second kappa shape index (κ2) is 9.09. The highest BCUT2D eigenvalue weighted by molar-refractivity contribution is 6.04. The lowest BCUT2D eigenvalue weighted by Crippen LogP contribution is -2.31. The van der Waals surface area contributed by atoms with Gasteiger partial charge in [0, 0.05) is 30.3 Å². The molecular weight excluding hydrogens is 374 g/mol. The Balaban J connectivity index is 1.55. The van der Waals surface area contributed by atoms with Crippen molar-refractivity contribution in [2.75, 3.05) is 19.5 Å². The summed E-state index contributed by atoms with van der Waals surface area (Å²) in [6.07, 6.45) is 0.290. The van der Waals surface area contributed by atoms with Crippen LogP contribution in [0.25, 0.3) is 0 Å². The fourth-order valence-corrected chi connectivity index (χ4v) is 3.07. The number of ether oxygens (including phenoxy) is 2. The summed E-state index contributed by atoms with van der Waals surface area (Å²) in [7, 11) is 3.05. The molecule has 3 rings (SSSR count). The molecule has 4 amide bonds. The summed E-state index contributed by atoms with van der Waals surface area (Å²) in [5, 5.41) is 5.40. The van der Waals surface area contributed by atoms with Crippen LogP contribution in [0.3, 0.4) is 0 Å². The molecule has 8 heteroatoms. The Morgan fingerprint density at radius 3 is 2.34 bits per heavy atom. The largest absolute Gasteiger partial charge is 0.497 e. The van der Waals surface area contributed by atoms with Crippen LogP contribution in [0.5, 0.6) is 11.5 Å². The van der Waals surface area contributed by atoms with Gasteiger partial charge in [0.25, 0.3) is 5.91 Å². The van der Waals surface area contributed by atoms with Crippen molar-refractivity contribution in [3.05, 3.63) is 54.1 Å². The topological polar surface area (TPSA) is 97.0 Å². The van der Waals surface area contributed by atoms with Gasteiger partial charge in [-0.2, -0.15) is 0 Å². The minimum Gasteiger partial charge on any atom is -0.497 e. The molecule has 1 heterocycles. The van der Waals surface area contributed by atoms with Gasteiger partial charge in [0.15, 0.2) is 0 Å². The summed E-state index contributed by atoms with van der Waals surface area (Å²) in [4.78, 5) is 38.1. The summed E-state index contributed by atoms with van der Waals surface area (Å²) in [6, 6.07) is 13.2. The summed E-state index contributed by atoms with van der Waals surface area (Å²) in [6.45, 7) is 0.206. The Kier molecular flexibility index (Phi) is 6.33. The van der Waals surface area contributed by atoms with Gasteiger partial charge in [0.2, 0.25) is 5.91 Å². The molecule has 0 saturated carbocycles. The average molecular weight is 397 g/mol. The van der Waals surface area contributed by atoms with Gasteiger partial charge in [-0.1, -0.05) is 30.3 Å². The van der Waals surface area contributed by atoms with E-state index < -0.39 is 12.1 Å². The number of nitrogens with one attached hydrogen (secondary N) is 2. The highest BCUT2D eigenvalue weighted by atomic mass is 16.5. The maximum atomic E-state index is 12.5. The van der Waals surface area contributed by atoms with E-state index in [1.807, 2.05) is 30.3 Å². The maximum Gasteiger partial charge on any atom is 0.325 e. The third-order valence-corrected chi connectivity index (χ3v) is 4.59. The molecule has 0 aromatic heterocycles. The molecule has 2 N–H and O–H groups in total. The number of methoxy groups -OCH3 is 2. The van der Waals surface area contributed by atoms with E-state index >= 15 is 0 Å². The normalized spacial score (nSPS) is 15.8. The lowest BCUT2D eigenvalue weighted by atomic mass is 10.1. The van der Waals surface area contributed by atoms with Crippen LogP contribution < -0.4 is 20.1 Å². The van der Waals surface area contributed by atoms with E-state index in [-0.39, 0.29) is 31.2 Å². The van der Waals surface area contributed by atoms with Crippen LogP contribution in [0.1, 0.15) is 18.4 Å². The summed E-state index contributed by atoms with van der Waals surface area (Å²) >= 11 is 0. The van der Waals surface area contributed by atoms with Crippen molar-refractivity contribution >= 4 is 23.5 Å². The molecule has 1 unspecified atom stereocenters. The minimum atomic E-state index is -0.711. The molecule has 2 aromatic carbocycles. The fourth-order valence-electron chi connectivity index (χ4n) is 3.07. The van der Waals surface area contributed by atoms with Gasteiger partial charge in [-0.25, -0.2) is 4.79 Å². The second-order valence-corrected chi connectivity index (χ2v) is 6.60. The van der Waals surface area contributed by atoms with Gasteiger partial charge in [0.05, 0.1) is 20.8 Å². The minimum absolute atomic E-state index is 0.0788. The fraction of sp³-hybridized carbons (Fsp3) is 0.286. The van der Waals surface area contributed by atoms with Crippen molar-refractivity contribution in [3.63, 3.8) is 0 Å². The SMILES string of the molecule is COc1cc(NC(=O)CCC2NC(=O)N(Cc3ccccc3)C2=O)cc(OC)c1. The van der Waals surface area contributed by atoms with Crippen LogP contribution in [0.4, 0.5) is 10.5 Å². The first-order chi connectivity index (χ1) is 14.0. The molecule has 1 aliphatic heterocycles. The quantitative estimate of drug-likeness (QED) is 0.667. The standard InChI is InChI=1S/C21H23N3O5/c1-28-16-10-15(11-17(12-16)29-2)22-19(25)9-8-18-20(26)24(21(27)23-18)13-14-6-4-3-5-7-14/h3-7,10-12,18H,8-9,13H2,1-2H3,(H,22,25)(H,23,27). The number of nitrogens with zero attached hydrogens (tertiary/aromatic N) is 1. The second-order valence-electron chi connectivity index (χ2n) is 6.60. The molecule has 0 spiro atoms. The molecule has 0 bridgehead atoms. The first kappa shape index (κ1) is 20.2. The predicted molar refractivity (Wildman–Crippen MR) is 107 cm³/mol. The van der Waals surface area contributed by atoms with Gasteiger partial charge in [-0.3, -0.25) is 14.5 Å². The Morgan fingerprint density at radius 2 is 1.72 bits per heavy atom. The van der Waals surface area contributed by atoms with Gasteiger partial charge in [-0.05, 0) is 12.0 Å². The van der Waals surface area contributed by atoms with Crippen molar-refractivity contribution < 1.29 is 23.9 Å². The van der Waals surface area contributed by atoms with Crippen molar-refractivity contribution in [1.82, 2.24) is 10.2 Å². The third kappa shape index (κ3) is 5.04. The van der Waals surface area contributed by atoms with E-state index in [1.165, 1.54) is 19.1 Å². The Morgan fingerprint density at radius 1 is 1.07 bits per heavy atom. The van der Waals surface area contributed by atoms with E-state index in [9.17, 15) is 14.4 Å². The first-order valence-electron chi connectivity index (χ1n) is 9.19. The molecule has 1 fully saturated rings. The number of amides is 4. The van der Waals surface area contributed by atoms with Crippen molar-refractivity contribution in [2.45, 2.75) is 25.4 Å². The van der Waals surface area contributed by atoms with Gasteiger partial charge >= 0.3 is 6.03 Å². The predicted octanol–water partition coefficient (Wildman–Crippen LogP) is 2.54. The number of imide groups is 1. The van der Waals surface area contributed by atoms with E-state index in [0.29, 0.717) is 17.2 Å². The zero-order chi connectivity index (χ0) is 20.8. The van der Waals surface area contributed by atoms with E-state index in [4.69, 9.17) is 9.47 Å². The number of hydrogen-bond donors (Lipinski definition) is 2. The van der Waals surface area contributed by atoms with Gasteiger partial charge in [0.1, 0.15) is 17.5 Å². The van der Waals surface area contributed by atoms with Gasteiger partial charge in [-0.15, -0.1) is 0 Å². The Bertz CT molecular complexity index is 878. The van der Waals surface area contributed by atoms with Crippen LogP contribution in [0.2, 0.25) is 0 Å². The molecular formula is C21H23N3O5. The number of benzene rings is 2. The molecule has 0 aliphatic carbocycles. The van der Waals surface area contributed by atoms with E-state index in [2.05, 4.69) is 10.6 Å². The third-order valence-electron chi connectivity index (χ3n) is 4.59. The van der Waals surface area contributed by atoms with Crippen molar-refractivity contribution in [1.29, 1.82) is 0 Å². The van der Waals surface area contributed by atoms with Crippen molar-refractivity contribution in [3.8, 4) is 11.5 Å². The lowest BCUT2D eigenvalue weighted by Gasteiger charge is -2.13. The van der Waals surface area contributed by atoms with E-state index in [0.717, 1.165) is 5.56 Å².